The molecule has 5 nitrogen and oxygen atoms in total. The van der Waals surface area contributed by atoms with Crippen LogP contribution < -0.4 is 10.5 Å². The molecule has 23 heavy (non-hydrogen) atoms. The van der Waals surface area contributed by atoms with E-state index in [2.05, 4.69) is 9.71 Å². The van der Waals surface area contributed by atoms with Gasteiger partial charge in [0.1, 0.15) is 0 Å². The number of nitrogens with two attached hydrogens (primary N) is 1. The van der Waals surface area contributed by atoms with Crippen LogP contribution in [0.4, 0.5) is 11.4 Å². The van der Waals surface area contributed by atoms with Crippen molar-refractivity contribution in [3.63, 3.8) is 0 Å². The summed E-state index contributed by atoms with van der Waals surface area (Å²) in [5.74, 6) is 0. The van der Waals surface area contributed by atoms with Crippen LogP contribution in [0.2, 0.25) is 0 Å². The third-order valence-corrected chi connectivity index (χ3v) is 4.68. The Kier molecular flexibility index (Phi) is 3.99. The highest BCUT2D eigenvalue weighted by molar-refractivity contribution is 7.92. The van der Waals surface area contributed by atoms with Crippen LogP contribution in [0, 0.1) is 0 Å². The van der Waals surface area contributed by atoms with Crippen LogP contribution in [0.25, 0.3) is 11.3 Å². The van der Waals surface area contributed by atoms with Crippen LogP contribution >= 0.6 is 0 Å². The summed E-state index contributed by atoms with van der Waals surface area (Å²) >= 11 is 0. The van der Waals surface area contributed by atoms with Crippen LogP contribution in [0.3, 0.4) is 0 Å². The average Bonchev–Trinajstić information content (AvgIpc) is 2.56. The van der Waals surface area contributed by atoms with E-state index < -0.39 is 10.0 Å². The van der Waals surface area contributed by atoms with Gasteiger partial charge in [-0.15, -0.1) is 0 Å². The van der Waals surface area contributed by atoms with Gasteiger partial charge in [-0.1, -0.05) is 24.3 Å². The van der Waals surface area contributed by atoms with E-state index in [4.69, 9.17) is 5.73 Å². The number of aromatic nitrogens is 1. The number of nitrogen functional groups attached to an aromatic ring is 1. The number of hydrogen-bond acceptors (Lipinski definition) is 4. The Labute approximate surface area is 134 Å². The zero-order chi connectivity index (χ0) is 16.3. The van der Waals surface area contributed by atoms with Gasteiger partial charge in [-0.25, -0.2) is 8.42 Å². The number of rotatable bonds is 4. The highest BCUT2D eigenvalue weighted by atomic mass is 32.2. The van der Waals surface area contributed by atoms with E-state index in [0.29, 0.717) is 22.6 Å². The largest absolute Gasteiger partial charge is 0.399 e. The van der Waals surface area contributed by atoms with E-state index in [0.717, 1.165) is 0 Å². The molecule has 3 N–H and O–H groups in total. The zero-order valence-corrected chi connectivity index (χ0v) is 13.0. The van der Waals surface area contributed by atoms with E-state index >= 15 is 0 Å². The Morgan fingerprint density at radius 3 is 2.26 bits per heavy atom. The van der Waals surface area contributed by atoms with Crippen molar-refractivity contribution in [2.24, 2.45) is 0 Å². The molecule has 0 fully saturated rings. The molecule has 0 aliphatic rings. The average molecular weight is 325 g/mol. The van der Waals surface area contributed by atoms with Gasteiger partial charge in [0.2, 0.25) is 0 Å². The molecule has 116 valence electrons. The number of sulfonamides is 1. The van der Waals surface area contributed by atoms with Crippen molar-refractivity contribution in [1.29, 1.82) is 0 Å². The van der Waals surface area contributed by atoms with Gasteiger partial charge in [0, 0.05) is 17.4 Å². The molecular formula is C17H15N3O2S. The Bertz CT molecular complexity index is 908. The Morgan fingerprint density at radius 2 is 1.57 bits per heavy atom. The van der Waals surface area contributed by atoms with Crippen molar-refractivity contribution in [1.82, 2.24) is 4.98 Å². The zero-order valence-electron chi connectivity index (χ0n) is 12.2. The van der Waals surface area contributed by atoms with Crippen molar-refractivity contribution < 1.29 is 8.42 Å². The third kappa shape index (κ3) is 3.32. The molecule has 0 aliphatic carbocycles. The third-order valence-electron chi connectivity index (χ3n) is 3.30. The quantitative estimate of drug-likeness (QED) is 0.722. The van der Waals surface area contributed by atoms with Gasteiger partial charge in [0.15, 0.2) is 0 Å². The van der Waals surface area contributed by atoms with E-state index in [9.17, 15) is 8.42 Å². The molecule has 0 spiro atoms. The van der Waals surface area contributed by atoms with Gasteiger partial charge in [0.25, 0.3) is 10.0 Å². The molecule has 0 unspecified atom stereocenters. The number of pyridine rings is 1. The van der Waals surface area contributed by atoms with Gasteiger partial charge < -0.3 is 5.73 Å². The van der Waals surface area contributed by atoms with Crippen LogP contribution in [-0.4, -0.2) is 13.4 Å². The minimum Gasteiger partial charge on any atom is -0.399 e. The first-order valence-electron chi connectivity index (χ1n) is 6.95. The second kappa shape index (κ2) is 6.10. The number of benzene rings is 2. The predicted octanol–water partition coefficient (Wildman–Crippen LogP) is 3.13. The first-order chi connectivity index (χ1) is 11.1. The molecule has 3 rings (SSSR count). The lowest BCUT2D eigenvalue weighted by Crippen LogP contribution is -2.13. The van der Waals surface area contributed by atoms with Gasteiger partial charge in [-0.3, -0.25) is 9.71 Å². The van der Waals surface area contributed by atoms with Gasteiger partial charge in [-0.05, 0) is 42.5 Å². The van der Waals surface area contributed by atoms with Crippen molar-refractivity contribution in [3.05, 3.63) is 72.9 Å². The predicted molar refractivity (Wildman–Crippen MR) is 91.3 cm³/mol. The highest BCUT2D eigenvalue weighted by Crippen LogP contribution is 2.28. The van der Waals surface area contributed by atoms with E-state index in [1.165, 1.54) is 12.1 Å². The van der Waals surface area contributed by atoms with Crippen molar-refractivity contribution in [2.75, 3.05) is 10.5 Å². The molecule has 0 saturated heterocycles. The molecular weight excluding hydrogens is 310 g/mol. The van der Waals surface area contributed by atoms with Crippen LogP contribution in [0.1, 0.15) is 0 Å². The topological polar surface area (TPSA) is 85.1 Å². The fraction of sp³-hybridized carbons (Fsp3) is 0. The van der Waals surface area contributed by atoms with Crippen molar-refractivity contribution in [2.45, 2.75) is 4.90 Å². The van der Waals surface area contributed by atoms with Crippen LogP contribution in [-0.2, 0) is 10.0 Å². The fourth-order valence-electron chi connectivity index (χ4n) is 2.17. The molecule has 0 saturated carbocycles. The van der Waals surface area contributed by atoms with Crippen molar-refractivity contribution >= 4 is 21.4 Å². The maximum absolute atomic E-state index is 12.5. The molecule has 0 atom stereocenters. The molecule has 0 aliphatic heterocycles. The summed E-state index contributed by atoms with van der Waals surface area (Å²) in [5, 5.41) is 0. The Balaban J connectivity index is 1.99. The molecule has 6 heteroatoms. The smallest absolute Gasteiger partial charge is 0.261 e. The SMILES string of the molecule is Nc1ccc(S(=O)(=O)Nc2ccccc2-c2ccccn2)cc1. The van der Waals surface area contributed by atoms with E-state index in [1.807, 2.05) is 30.3 Å². The monoisotopic (exact) mass is 325 g/mol. The molecule has 0 amide bonds. The molecule has 1 heterocycles. The lowest BCUT2D eigenvalue weighted by Gasteiger charge is -2.12. The van der Waals surface area contributed by atoms with Gasteiger partial charge in [0.05, 0.1) is 16.3 Å². The fourth-order valence-corrected chi connectivity index (χ4v) is 3.25. The standard InChI is InChI=1S/C17H15N3O2S/c18-13-8-10-14(11-9-13)23(21,22)20-17-7-2-1-5-15(17)16-6-3-4-12-19-16/h1-12,20H,18H2. The first-order valence-corrected chi connectivity index (χ1v) is 8.43. The van der Waals surface area contributed by atoms with E-state index in [-0.39, 0.29) is 4.90 Å². The maximum Gasteiger partial charge on any atom is 0.261 e. The lowest BCUT2D eigenvalue weighted by molar-refractivity contribution is 0.601. The summed E-state index contributed by atoms with van der Waals surface area (Å²) in [7, 11) is -3.69. The summed E-state index contributed by atoms with van der Waals surface area (Å²) < 4.78 is 27.7. The Hall–Kier alpha value is -2.86. The number of hydrogen-bond donors (Lipinski definition) is 2. The van der Waals surface area contributed by atoms with E-state index in [1.54, 1.807) is 30.5 Å². The summed E-state index contributed by atoms with van der Waals surface area (Å²) in [6, 6.07) is 18.7. The Morgan fingerprint density at radius 1 is 0.870 bits per heavy atom. The molecule has 0 radical (unpaired) electrons. The number of nitrogens with one attached hydrogen (secondary N) is 1. The highest BCUT2D eigenvalue weighted by Gasteiger charge is 2.16. The summed E-state index contributed by atoms with van der Waals surface area (Å²) in [6.45, 7) is 0. The molecule has 0 bridgehead atoms. The van der Waals surface area contributed by atoms with Gasteiger partial charge in [-0.2, -0.15) is 0 Å². The first kappa shape index (κ1) is 15.1. The number of nitrogens with zero attached hydrogens (tertiary/aromatic N) is 1. The van der Waals surface area contributed by atoms with Gasteiger partial charge >= 0.3 is 0 Å². The minimum atomic E-state index is -3.69. The number of para-hydroxylation sites is 1. The second-order valence-corrected chi connectivity index (χ2v) is 6.62. The summed E-state index contributed by atoms with van der Waals surface area (Å²) in [6.07, 6.45) is 1.67. The van der Waals surface area contributed by atoms with Crippen LogP contribution in [0.15, 0.2) is 77.8 Å². The summed E-state index contributed by atoms with van der Waals surface area (Å²) in [4.78, 5) is 4.43. The molecule has 1 aromatic heterocycles. The maximum atomic E-state index is 12.5. The lowest BCUT2D eigenvalue weighted by atomic mass is 10.1. The minimum absolute atomic E-state index is 0.155. The number of anilines is 2. The summed E-state index contributed by atoms with van der Waals surface area (Å²) in [5.41, 5.74) is 8.00. The van der Waals surface area contributed by atoms with Crippen molar-refractivity contribution in [3.8, 4) is 11.3 Å². The van der Waals surface area contributed by atoms with Crippen LogP contribution in [0.5, 0.6) is 0 Å². The molecule has 3 aromatic rings. The second-order valence-electron chi connectivity index (χ2n) is 4.94. The normalized spacial score (nSPS) is 11.1. The molecule has 2 aromatic carbocycles.